The number of nitrogens with zero attached hydrogens (tertiary/aromatic N) is 2. The van der Waals surface area contributed by atoms with Crippen LogP contribution in [0.25, 0.3) is 5.69 Å². The molecule has 0 unspecified atom stereocenters. The molecule has 0 saturated heterocycles. The third kappa shape index (κ3) is 2.39. The van der Waals surface area contributed by atoms with Crippen LogP contribution in [0.4, 0.5) is 5.69 Å². The molecule has 0 fully saturated rings. The Morgan fingerprint density at radius 2 is 1.90 bits per heavy atom. The summed E-state index contributed by atoms with van der Waals surface area (Å²) in [5.74, 6) is 0. The summed E-state index contributed by atoms with van der Waals surface area (Å²) in [6, 6.07) is 9.71. The lowest BCUT2D eigenvalue weighted by molar-refractivity contribution is -0.105. The Hall–Kier alpha value is -2.30. The van der Waals surface area contributed by atoms with Crippen LogP contribution < -0.4 is 10.9 Å². The zero-order valence-electron chi connectivity index (χ0n) is 11.8. The van der Waals surface area contributed by atoms with Gasteiger partial charge in [0, 0.05) is 6.54 Å². The molecule has 0 bridgehead atoms. The normalized spacial score (nSPS) is 10.5. The van der Waals surface area contributed by atoms with Crippen LogP contribution >= 0.6 is 0 Å². The molecule has 1 heterocycles. The molecule has 106 valence electrons. The predicted octanol–water partition coefficient (Wildman–Crippen LogP) is 2.18. The van der Waals surface area contributed by atoms with Crippen LogP contribution in [0, 0.1) is 0 Å². The third-order valence-corrected chi connectivity index (χ3v) is 3.21. The highest BCUT2D eigenvalue weighted by Gasteiger charge is 2.18. The van der Waals surface area contributed by atoms with Gasteiger partial charge in [0.25, 0.3) is 5.56 Å². The second-order valence-electron chi connectivity index (χ2n) is 4.51. The Bertz CT molecular complexity index is 641. The predicted molar refractivity (Wildman–Crippen MR) is 79.4 cm³/mol. The maximum absolute atomic E-state index is 12.4. The van der Waals surface area contributed by atoms with Crippen molar-refractivity contribution in [1.82, 2.24) is 9.36 Å². The Morgan fingerprint density at radius 1 is 1.20 bits per heavy atom. The molecular weight excluding hydrogens is 254 g/mol. The second-order valence-corrected chi connectivity index (χ2v) is 4.51. The number of nitrogens with one attached hydrogen (secondary N) is 1. The van der Waals surface area contributed by atoms with Gasteiger partial charge in [-0.2, -0.15) is 0 Å². The second kappa shape index (κ2) is 6.23. The van der Waals surface area contributed by atoms with E-state index in [-0.39, 0.29) is 5.56 Å². The smallest absolute Gasteiger partial charge is 0.291 e. The largest absolute Gasteiger partial charge is 0.323 e. The van der Waals surface area contributed by atoms with Gasteiger partial charge in [0.1, 0.15) is 5.69 Å². The molecule has 20 heavy (non-hydrogen) atoms. The average Bonchev–Trinajstić information content (AvgIpc) is 2.74. The Labute approximate surface area is 117 Å². The van der Waals surface area contributed by atoms with Crippen molar-refractivity contribution in [3.8, 4) is 5.69 Å². The zero-order chi connectivity index (χ0) is 14.5. The summed E-state index contributed by atoms with van der Waals surface area (Å²) in [5.41, 5.74) is 1.97. The van der Waals surface area contributed by atoms with Crippen molar-refractivity contribution in [2.45, 2.75) is 33.2 Å². The molecule has 5 nitrogen and oxygen atoms in total. The van der Waals surface area contributed by atoms with Crippen LogP contribution in [0.5, 0.6) is 0 Å². The fourth-order valence-electron chi connectivity index (χ4n) is 2.40. The van der Waals surface area contributed by atoms with E-state index in [9.17, 15) is 9.59 Å². The minimum absolute atomic E-state index is 0.153. The first-order valence-electron chi connectivity index (χ1n) is 6.84. The summed E-state index contributed by atoms with van der Waals surface area (Å²) in [4.78, 5) is 23.2. The van der Waals surface area contributed by atoms with E-state index in [1.165, 1.54) is 0 Å². The molecule has 2 aromatic rings. The van der Waals surface area contributed by atoms with Gasteiger partial charge in [0.2, 0.25) is 6.41 Å². The molecule has 0 radical (unpaired) electrons. The first kappa shape index (κ1) is 14.1. The molecular formula is C15H19N3O2. The van der Waals surface area contributed by atoms with Gasteiger partial charge in [0.15, 0.2) is 0 Å². The highest BCUT2D eigenvalue weighted by molar-refractivity contribution is 5.72. The first-order valence-corrected chi connectivity index (χ1v) is 6.84. The molecule has 5 heteroatoms. The number of carbonyl (C=O) groups is 1. The van der Waals surface area contributed by atoms with Crippen LogP contribution in [0.3, 0.4) is 0 Å². The maximum Gasteiger partial charge on any atom is 0.291 e. The minimum Gasteiger partial charge on any atom is -0.323 e. The number of aromatic nitrogens is 2. The monoisotopic (exact) mass is 273 g/mol. The topological polar surface area (TPSA) is 56.0 Å². The number of amides is 1. The van der Waals surface area contributed by atoms with Crippen LogP contribution in [0.1, 0.15) is 26.0 Å². The first-order chi connectivity index (χ1) is 9.74. The van der Waals surface area contributed by atoms with Gasteiger partial charge in [-0.25, -0.2) is 4.68 Å². The highest BCUT2D eigenvalue weighted by atomic mass is 16.1. The lowest BCUT2D eigenvalue weighted by Crippen LogP contribution is -2.23. The van der Waals surface area contributed by atoms with Crippen molar-refractivity contribution in [1.29, 1.82) is 0 Å². The van der Waals surface area contributed by atoms with Gasteiger partial charge in [0.05, 0.1) is 11.4 Å². The summed E-state index contributed by atoms with van der Waals surface area (Å²) in [6.45, 7) is 4.61. The third-order valence-electron chi connectivity index (χ3n) is 3.21. The van der Waals surface area contributed by atoms with E-state index in [0.717, 1.165) is 17.8 Å². The lowest BCUT2D eigenvalue weighted by Gasteiger charge is -2.13. The molecule has 0 aliphatic rings. The molecule has 0 aliphatic carbocycles. The van der Waals surface area contributed by atoms with Crippen molar-refractivity contribution in [3.05, 3.63) is 46.4 Å². The van der Waals surface area contributed by atoms with Crippen molar-refractivity contribution in [2.24, 2.45) is 0 Å². The minimum atomic E-state index is -0.153. The Kier molecular flexibility index (Phi) is 4.40. The van der Waals surface area contributed by atoms with Crippen molar-refractivity contribution in [3.63, 3.8) is 0 Å². The number of hydrogen-bond donors (Lipinski definition) is 1. The van der Waals surface area contributed by atoms with E-state index >= 15 is 0 Å². The fraction of sp³-hybridized carbons (Fsp3) is 0.333. The van der Waals surface area contributed by atoms with E-state index in [1.807, 2.05) is 48.9 Å². The van der Waals surface area contributed by atoms with Crippen LogP contribution in [0.2, 0.25) is 0 Å². The van der Waals surface area contributed by atoms with Gasteiger partial charge in [-0.3, -0.25) is 14.3 Å². The summed E-state index contributed by atoms with van der Waals surface area (Å²) in [6.07, 6.45) is 2.07. The lowest BCUT2D eigenvalue weighted by atomic mass is 10.2. The molecule has 1 N–H and O–H groups in total. The average molecular weight is 273 g/mol. The maximum atomic E-state index is 12.4. The zero-order valence-corrected chi connectivity index (χ0v) is 11.8. The molecule has 1 aromatic carbocycles. The molecule has 0 saturated carbocycles. The van der Waals surface area contributed by atoms with Crippen molar-refractivity contribution >= 4 is 12.1 Å². The molecule has 0 atom stereocenters. The fourth-order valence-corrected chi connectivity index (χ4v) is 2.40. The van der Waals surface area contributed by atoms with E-state index in [1.54, 1.807) is 4.68 Å². The van der Waals surface area contributed by atoms with Crippen molar-refractivity contribution < 1.29 is 4.79 Å². The Morgan fingerprint density at radius 3 is 2.45 bits per heavy atom. The SMILES string of the molecule is CCCn1c(=O)c(NC=O)c(CC)n1-c1ccccc1. The number of rotatable bonds is 6. The van der Waals surface area contributed by atoms with E-state index in [2.05, 4.69) is 5.32 Å². The van der Waals surface area contributed by atoms with E-state index in [0.29, 0.717) is 25.1 Å². The number of para-hydroxylation sites is 1. The summed E-state index contributed by atoms with van der Waals surface area (Å²) < 4.78 is 3.58. The number of benzene rings is 1. The molecule has 0 aliphatic heterocycles. The van der Waals surface area contributed by atoms with E-state index < -0.39 is 0 Å². The van der Waals surface area contributed by atoms with Gasteiger partial charge in [-0.15, -0.1) is 0 Å². The quantitative estimate of drug-likeness (QED) is 0.820. The highest BCUT2D eigenvalue weighted by Crippen LogP contribution is 2.18. The van der Waals surface area contributed by atoms with E-state index in [4.69, 9.17) is 0 Å². The molecule has 1 amide bonds. The number of hydrogen-bond acceptors (Lipinski definition) is 2. The standard InChI is InChI=1S/C15H19N3O2/c1-3-10-17-15(20)14(16-11-19)13(4-2)18(17)12-8-6-5-7-9-12/h5-9,11H,3-4,10H2,1-2H3,(H,16,19). The molecule has 2 rings (SSSR count). The summed E-state index contributed by atoms with van der Waals surface area (Å²) in [7, 11) is 0. The summed E-state index contributed by atoms with van der Waals surface area (Å²) >= 11 is 0. The van der Waals surface area contributed by atoms with Gasteiger partial charge >= 0.3 is 0 Å². The van der Waals surface area contributed by atoms with Crippen LogP contribution in [-0.4, -0.2) is 15.8 Å². The summed E-state index contributed by atoms with van der Waals surface area (Å²) in [5, 5.41) is 2.55. The van der Waals surface area contributed by atoms with Gasteiger partial charge in [-0.1, -0.05) is 32.0 Å². The number of anilines is 1. The Balaban J connectivity index is 2.73. The van der Waals surface area contributed by atoms with Gasteiger partial charge in [-0.05, 0) is 25.0 Å². The molecule has 0 spiro atoms. The molecule has 1 aromatic heterocycles. The van der Waals surface area contributed by atoms with Gasteiger partial charge < -0.3 is 5.32 Å². The van der Waals surface area contributed by atoms with Crippen molar-refractivity contribution in [2.75, 3.05) is 5.32 Å². The van der Waals surface area contributed by atoms with Crippen LogP contribution in [-0.2, 0) is 17.8 Å². The number of carbonyl (C=O) groups excluding carboxylic acids is 1. The van der Waals surface area contributed by atoms with Crippen LogP contribution in [0.15, 0.2) is 35.1 Å².